The molecule has 2 rings (SSSR count). The van der Waals surface area contributed by atoms with Crippen molar-refractivity contribution >= 4 is 11.8 Å². The number of aromatic nitrogens is 2. The Balaban J connectivity index is 1.87. The fourth-order valence-corrected chi connectivity index (χ4v) is 3.45. The van der Waals surface area contributed by atoms with Crippen molar-refractivity contribution in [2.45, 2.75) is 82.7 Å². The van der Waals surface area contributed by atoms with E-state index in [4.69, 9.17) is 0 Å². The lowest BCUT2D eigenvalue weighted by atomic mass is 9.97. The molecular formula is C20H32N4O3. The van der Waals surface area contributed by atoms with E-state index in [0.717, 1.165) is 25.7 Å². The van der Waals surface area contributed by atoms with Crippen molar-refractivity contribution in [2.75, 3.05) is 6.61 Å². The van der Waals surface area contributed by atoms with Crippen LogP contribution in [0.5, 0.6) is 0 Å². The van der Waals surface area contributed by atoms with Crippen molar-refractivity contribution in [2.24, 2.45) is 0 Å². The maximum atomic E-state index is 12.6. The minimum absolute atomic E-state index is 0.0967. The summed E-state index contributed by atoms with van der Waals surface area (Å²) in [6.07, 6.45) is 17.1. The summed E-state index contributed by atoms with van der Waals surface area (Å²) in [5.41, 5.74) is 0.120. The highest BCUT2D eigenvalue weighted by atomic mass is 16.3. The molecule has 7 nitrogen and oxygen atoms in total. The maximum absolute atomic E-state index is 12.6. The van der Waals surface area contributed by atoms with Gasteiger partial charge in [0.05, 0.1) is 12.8 Å². The first-order chi connectivity index (χ1) is 13.2. The van der Waals surface area contributed by atoms with Gasteiger partial charge >= 0.3 is 0 Å². The van der Waals surface area contributed by atoms with Crippen molar-refractivity contribution in [1.82, 2.24) is 20.6 Å². The zero-order valence-corrected chi connectivity index (χ0v) is 16.0. The SMILES string of the molecule is O=C(NC(CO)C(=O)NC1CCCCCCCCCCC1)c1cnccn1. The first-order valence-corrected chi connectivity index (χ1v) is 10.2. The van der Waals surface area contributed by atoms with Gasteiger partial charge < -0.3 is 15.7 Å². The van der Waals surface area contributed by atoms with Crippen LogP contribution >= 0.6 is 0 Å². The van der Waals surface area contributed by atoms with Crippen LogP contribution < -0.4 is 10.6 Å². The van der Waals surface area contributed by atoms with E-state index >= 15 is 0 Å². The van der Waals surface area contributed by atoms with Gasteiger partial charge in [-0.3, -0.25) is 14.6 Å². The van der Waals surface area contributed by atoms with E-state index < -0.39 is 18.6 Å². The summed E-state index contributed by atoms with van der Waals surface area (Å²) in [6.45, 7) is -0.454. The van der Waals surface area contributed by atoms with Gasteiger partial charge in [-0.2, -0.15) is 0 Å². The third-order valence-corrected chi connectivity index (χ3v) is 5.05. The van der Waals surface area contributed by atoms with Crippen molar-refractivity contribution in [3.8, 4) is 0 Å². The normalized spacial score (nSPS) is 18.6. The minimum atomic E-state index is -0.985. The van der Waals surface area contributed by atoms with Gasteiger partial charge in [-0.25, -0.2) is 4.98 Å². The molecule has 0 saturated heterocycles. The van der Waals surface area contributed by atoms with E-state index in [9.17, 15) is 14.7 Å². The van der Waals surface area contributed by atoms with Crippen LogP contribution in [0.3, 0.4) is 0 Å². The first kappa shape index (κ1) is 21.3. The molecule has 0 radical (unpaired) electrons. The van der Waals surface area contributed by atoms with Gasteiger partial charge in [0, 0.05) is 18.4 Å². The van der Waals surface area contributed by atoms with Crippen molar-refractivity contribution in [1.29, 1.82) is 0 Å². The van der Waals surface area contributed by atoms with Gasteiger partial charge in [-0.05, 0) is 12.8 Å². The number of carbonyl (C=O) groups excluding carboxylic acids is 2. The van der Waals surface area contributed by atoms with E-state index in [2.05, 4.69) is 20.6 Å². The summed E-state index contributed by atoms with van der Waals surface area (Å²) >= 11 is 0. The summed E-state index contributed by atoms with van der Waals surface area (Å²) in [6, 6.07) is -0.889. The summed E-state index contributed by atoms with van der Waals surface area (Å²) in [5, 5.41) is 15.1. The second-order valence-corrected chi connectivity index (χ2v) is 7.26. The Morgan fingerprint density at radius 3 is 2.11 bits per heavy atom. The molecule has 1 atom stereocenters. The number of rotatable bonds is 5. The largest absolute Gasteiger partial charge is 0.394 e. The summed E-state index contributed by atoms with van der Waals surface area (Å²) in [4.78, 5) is 32.5. The molecule has 1 heterocycles. The van der Waals surface area contributed by atoms with Crippen molar-refractivity contribution in [3.05, 3.63) is 24.3 Å². The van der Waals surface area contributed by atoms with Crippen LogP contribution in [0.4, 0.5) is 0 Å². The number of nitrogens with one attached hydrogen (secondary N) is 2. The quantitative estimate of drug-likeness (QED) is 0.732. The Bertz CT molecular complexity index is 556. The van der Waals surface area contributed by atoms with Crippen molar-refractivity contribution in [3.63, 3.8) is 0 Å². The molecule has 1 aliphatic carbocycles. The fourth-order valence-electron chi connectivity index (χ4n) is 3.45. The molecule has 1 saturated carbocycles. The highest BCUT2D eigenvalue weighted by Gasteiger charge is 2.23. The van der Waals surface area contributed by atoms with E-state index in [1.165, 1.54) is 63.5 Å². The lowest BCUT2D eigenvalue weighted by Gasteiger charge is -2.23. The Morgan fingerprint density at radius 2 is 1.59 bits per heavy atom. The van der Waals surface area contributed by atoms with E-state index in [1.54, 1.807) is 0 Å². The van der Waals surface area contributed by atoms with E-state index in [-0.39, 0.29) is 17.6 Å². The molecule has 0 aromatic carbocycles. The number of aliphatic hydroxyl groups is 1. The van der Waals surface area contributed by atoms with Crippen LogP contribution in [0, 0.1) is 0 Å². The maximum Gasteiger partial charge on any atom is 0.272 e. The summed E-state index contributed by atoms with van der Waals surface area (Å²) < 4.78 is 0. The monoisotopic (exact) mass is 376 g/mol. The zero-order valence-electron chi connectivity index (χ0n) is 16.0. The van der Waals surface area contributed by atoms with E-state index in [1.807, 2.05) is 0 Å². The van der Waals surface area contributed by atoms with Gasteiger partial charge in [0.1, 0.15) is 11.7 Å². The second kappa shape index (κ2) is 12.4. The molecule has 27 heavy (non-hydrogen) atoms. The average molecular weight is 377 g/mol. The highest BCUT2D eigenvalue weighted by Crippen LogP contribution is 2.17. The van der Waals surface area contributed by atoms with Crippen LogP contribution in [0.2, 0.25) is 0 Å². The lowest BCUT2D eigenvalue weighted by molar-refractivity contribution is -0.124. The average Bonchev–Trinajstić information content (AvgIpc) is 2.68. The molecular weight excluding hydrogens is 344 g/mol. The van der Waals surface area contributed by atoms with Gasteiger partial charge in [-0.1, -0.05) is 57.8 Å². The topological polar surface area (TPSA) is 104 Å². The highest BCUT2D eigenvalue weighted by molar-refractivity contribution is 5.95. The number of aliphatic hydroxyl groups excluding tert-OH is 1. The molecule has 1 aromatic heterocycles. The van der Waals surface area contributed by atoms with Gasteiger partial charge in [0.2, 0.25) is 5.91 Å². The molecule has 1 fully saturated rings. The second-order valence-electron chi connectivity index (χ2n) is 7.26. The predicted molar refractivity (Wildman–Crippen MR) is 103 cm³/mol. The molecule has 2 amide bonds. The Labute approximate surface area is 161 Å². The number of carbonyl (C=O) groups is 2. The zero-order chi connectivity index (χ0) is 19.3. The predicted octanol–water partition coefficient (Wildman–Crippen LogP) is 2.36. The molecule has 7 heteroatoms. The third kappa shape index (κ3) is 8.03. The molecule has 3 N–H and O–H groups in total. The molecule has 150 valence electrons. The molecule has 0 aliphatic heterocycles. The van der Waals surface area contributed by atoms with Gasteiger partial charge in [0.15, 0.2) is 0 Å². The Hall–Kier alpha value is -2.02. The smallest absolute Gasteiger partial charge is 0.272 e. The van der Waals surface area contributed by atoms with E-state index in [0.29, 0.717) is 0 Å². The Kier molecular flexibility index (Phi) is 9.76. The lowest BCUT2D eigenvalue weighted by Crippen LogP contribution is -2.51. The van der Waals surface area contributed by atoms with Crippen LogP contribution in [-0.4, -0.2) is 45.6 Å². The molecule has 1 aromatic rings. The summed E-state index contributed by atoms with van der Waals surface area (Å²) in [5.74, 6) is -0.858. The molecule has 1 aliphatic rings. The number of amides is 2. The number of nitrogens with zero attached hydrogens (tertiary/aromatic N) is 2. The van der Waals surface area contributed by atoms with Crippen LogP contribution in [0.1, 0.15) is 81.1 Å². The van der Waals surface area contributed by atoms with Crippen LogP contribution in [0.25, 0.3) is 0 Å². The molecule has 0 bridgehead atoms. The summed E-state index contributed by atoms with van der Waals surface area (Å²) in [7, 11) is 0. The molecule has 0 spiro atoms. The minimum Gasteiger partial charge on any atom is -0.394 e. The Morgan fingerprint density at radius 1 is 1.00 bits per heavy atom. The first-order valence-electron chi connectivity index (χ1n) is 10.2. The van der Waals surface area contributed by atoms with Crippen LogP contribution in [0.15, 0.2) is 18.6 Å². The van der Waals surface area contributed by atoms with Gasteiger partial charge in [0.25, 0.3) is 5.91 Å². The fraction of sp³-hybridized carbons (Fsp3) is 0.700. The molecule has 1 unspecified atom stereocenters. The van der Waals surface area contributed by atoms with Gasteiger partial charge in [-0.15, -0.1) is 0 Å². The van der Waals surface area contributed by atoms with Crippen LogP contribution in [-0.2, 0) is 4.79 Å². The number of hydrogen-bond donors (Lipinski definition) is 3. The van der Waals surface area contributed by atoms with Crippen molar-refractivity contribution < 1.29 is 14.7 Å². The third-order valence-electron chi connectivity index (χ3n) is 5.05. The number of hydrogen-bond acceptors (Lipinski definition) is 5. The standard InChI is InChI=1S/C20H32N4O3/c25-15-18(24-19(26)17-14-21-12-13-22-17)20(27)23-16-10-8-6-4-2-1-3-5-7-9-11-16/h12-14,16,18,25H,1-11,15H2,(H,23,27)(H,24,26).